The van der Waals surface area contributed by atoms with Crippen molar-refractivity contribution < 1.29 is 14.3 Å². The molecule has 2 fully saturated rings. The average molecular weight is 373 g/mol. The zero-order chi connectivity index (χ0) is 19.1. The average Bonchev–Trinajstić information content (AvgIpc) is 3.26. The molecule has 0 aromatic heterocycles. The Balaban J connectivity index is 1.41. The fourth-order valence-corrected chi connectivity index (χ4v) is 3.94. The summed E-state index contributed by atoms with van der Waals surface area (Å²) in [5, 5.41) is 6.30. The van der Waals surface area contributed by atoms with Crippen molar-refractivity contribution >= 4 is 11.8 Å². The third kappa shape index (κ3) is 5.70. The molecule has 2 unspecified atom stereocenters. The zero-order valence-corrected chi connectivity index (χ0v) is 16.2. The first-order valence-electron chi connectivity index (χ1n) is 10.1. The van der Waals surface area contributed by atoms with Gasteiger partial charge in [-0.3, -0.25) is 9.59 Å². The molecule has 2 N–H and O–H groups in total. The predicted octanol–water partition coefficient (Wildman–Crippen LogP) is 1.73. The first-order chi connectivity index (χ1) is 13.2. The summed E-state index contributed by atoms with van der Waals surface area (Å²) in [5.74, 6) is 1.50. The largest absolute Gasteiger partial charge is 0.497 e. The van der Waals surface area contributed by atoms with E-state index in [2.05, 4.69) is 10.6 Å². The molecule has 0 saturated carbocycles. The van der Waals surface area contributed by atoms with Gasteiger partial charge in [0.05, 0.1) is 13.2 Å². The molecule has 2 atom stereocenters. The highest BCUT2D eigenvalue weighted by molar-refractivity contribution is 5.82. The van der Waals surface area contributed by atoms with Crippen molar-refractivity contribution in [2.24, 2.45) is 5.92 Å². The van der Waals surface area contributed by atoms with Gasteiger partial charge in [0.15, 0.2) is 0 Å². The summed E-state index contributed by atoms with van der Waals surface area (Å²) in [6.07, 6.45) is 5.34. The summed E-state index contributed by atoms with van der Waals surface area (Å²) >= 11 is 0. The van der Waals surface area contributed by atoms with E-state index in [9.17, 15) is 9.59 Å². The summed E-state index contributed by atoms with van der Waals surface area (Å²) in [5.41, 5.74) is 1.15. The van der Waals surface area contributed by atoms with Gasteiger partial charge in [-0.15, -0.1) is 0 Å². The smallest absolute Gasteiger partial charge is 0.237 e. The number of nitrogens with zero attached hydrogens (tertiary/aromatic N) is 1. The number of piperidine rings is 1. The topological polar surface area (TPSA) is 70.7 Å². The second-order valence-electron chi connectivity index (χ2n) is 7.59. The Labute approximate surface area is 161 Å². The van der Waals surface area contributed by atoms with Crippen molar-refractivity contribution in [2.45, 2.75) is 44.6 Å². The highest BCUT2D eigenvalue weighted by Crippen LogP contribution is 2.18. The minimum atomic E-state index is -0.0316. The molecular weight excluding hydrogens is 342 g/mol. The van der Waals surface area contributed by atoms with Crippen molar-refractivity contribution in [2.75, 3.05) is 33.3 Å². The lowest BCUT2D eigenvalue weighted by Gasteiger charge is -2.33. The van der Waals surface area contributed by atoms with E-state index in [0.29, 0.717) is 18.9 Å². The molecule has 0 bridgehead atoms. The first-order valence-corrected chi connectivity index (χ1v) is 10.1. The van der Waals surface area contributed by atoms with Gasteiger partial charge in [0.1, 0.15) is 5.75 Å². The third-order valence-electron chi connectivity index (χ3n) is 5.60. The maximum absolute atomic E-state index is 12.6. The minimum absolute atomic E-state index is 0.0316. The fourth-order valence-electron chi connectivity index (χ4n) is 3.94. The maximum Gasteiger partial charge on any atom is 0.237 e. The van der Waals surface area contributed by atoms with E-state index in [1.165, 1.54) is 0 Å². The monoisotopic (exact) mass is 373 g/mol. The molecule has 27 heavy (non-hydrogen) atoms. The SMILES string of the molecule is COc1ccc(CCC(=O)N2CCCC(CNC(=O)C3CCCN3)C2)cc1. The second kappa shape index (κ2) is 9.74. The van der Waals surface area contributed by atoms with Crippen molar-refractivity contribution in [3.05, 3.63) is 29.8 Å². The van der Waals surface area contributed by atoms with Gasteiger partial charge in [0.25, 0.3) is 0 Å². The van der Waals surface area contributed by atoms with E-state index in [-0.39, 0.29) is 17.9 Å². The van der Waals surface area contributed by atoms with E-state index < -0.39 is 0 Å². The summed E-state index contributed by atoms with van der Waals surface area (Å²) in [6.45, 7) is 3.17. The number of benzene rings is 1. The third-order valence-corrected chi connectivity index (χ3v) is 5.60. The molecule has 2 aliphatic rings. The van der Waals surface area contributed by atoms with Crippen LogP contribution in [0.1, 0.15) is 37.7 Å². The van der Waals surface area contributed by atoms with Crippen LogP contribution in [0.5, 0.6) is 5.75 Å². The van der Waals surface area contributed by atoms with Crippen LogP contribution in [-0.4, -0.2) is 56.0 Å². The highest BCUT2D eigenvalue weighted by atomic mass is 16.5. The molecule has 148 valence electrons. The Morgan fingerprint density at radius 3 is 2.74 bits per heavy atom. The standard InChI is InChI=1S/C21H31N3O3/c1-27-18-9-6-16(7-10-18)8-11-20(25)24-13-3-4-17(15-24)14-23-21(26)19-5-2-12-22-19/h6-7,9-10,17,19,22H,2-5,8,11-15H2,1H3,(H,23,26). The maximum atomic E-state index is 12.6. The van der Waals surface area contributed by atoms with Crippen LogP contribution in [0, 0.1) is 5.92 Å². The van der Waals surface area contributed by atoms with Crippen LogP contribution in [0.25, 0.3) is 0 Å². The number of hydrogen-bond acceptors (Lipinski definition) is 4. The molecule has 2 amide bonds. The van der Waals surface area contributed by atoms with Gasteiger partial charge in [-0.05, 0) is 62.3 Å². The van der Waals surface area contributed by atoms with Crippen molar-refractivity contribution in [3.8, 4) is 5.75 Å². The van der Waals surface area contributed by atoms with Crippen molar-refractivity contribution in [1.29, 1.82) is 0 Å². The van der Waals surface area contributed by atoms with Gasteiger partial charge in [-0.25, -0.2) is 0 Å². The Hall–Kier alpha value is -2.08. The lowest BCUT2D eigenvalue weighted by atomic mass is 9.97. The number of aryl methyl sites for hydroxylation is 1. The van der Waals surface area contributed by atoms with Crippen LogP contribution in [0.3, 0.4) is 0 Å². The molecule has 0 aliphatic carbocycles. The van der Waals surface area contributed by atoms with Gasteiger partial charge in [-0.1, -0.05) is 12.1 Å². The van der Waals surface area contributed by atoms with E-state index in [4.69, 9.17) is 4.74 Å². The number of amides is 2. The van der Waals surface area contributed by atoms with E-state index in [1.54, 1.807) is 7.11 Å². The quantitative estimate of drug-likeness (QED) is 0.764. The van der Waals surface area contributed by atoms with Crippen LogP contribution < -0.4 is 15.4 Å². The Morgan fingerprint density at radius 1 is 1.22 bits per heavy atom. The molecule has 6 nitrogen and oxygen atoms in total. The van der Waals surface area contributed by atoms with E-state index in [0.717, 1.165) is 63.1 Å². The van der Waals surface area contributed by atoms with Crippen molar-refractivity contribution in [1.82, 2.24) is 15.5 Å². The highest BCUT2D eigenvalue weighted by Gasteiger charge is 2.26. The van der Waals surface area contributed by atoms with Gasteiger partial charge in [0, 0.05) is 26.1 Å². The number of methoxy groups -OCH3 is 1. The predicted molar refractivity (Wildman–Crippen MR) is 105 cm³/mol. The Morgan fingerprint density at radius 2 is 2.04 bits per heavy atom. The van der Waals surface area contributed by atoms with E-state index >= 15 is 0 Å². The number of rotatable bonds is 7. The van der Waals surface area contributed by atoms with Crippen LogP contribution >= 0.6 is 0 Å². The van der Waals surface area contributed by atoms with Crippen LogP contribution in [0.4, 0.5) is 0 Å². The Bertz CT molecular complexity index is 626. The number of hydrogen-bond donors (Lipinski definition) is 2. The Kier molecular flexibility index (Phi) is 7.10. The molecule has 0 spiro atoms. The molecule has 2 saturated heterocycles. The van der Waals surface area contributed by atoms with E-state index in [1.807, 2.05) is 29.2 Å². The zero-order valence-electron chi connectivity index (χ0n) is 16.2. The van der Waals surface area contributed by atoms with Gasteiger partial charge < -0.3 is 20.3 Å². The first kappa shape index (κ1) is 19.7. The summed E-state index contributed by atoms with van der Waals surface area (Å²) in [4.78, 5) is 26.7. The lowest BCUT2D eigenvalue weighted by Crippen LogP contribution is -2.46. The number of ether oxygens (including phenoxy) is 1. The van der Waals surface area contributed by atoms with Gasteiger partial charge in [-0.2, -0.15) is 0 Å². The van der Waals surface area contributed by atoms with Gasteiger partial charge >= 0.3 is 0 Å². The normalized spacial score (nSPS) is 22.5. The molecular formula is C21H31N3O3. The molecule has 3 rings (SSSR count). The van der Waals surface area contributed by atoms with Crippen molar-refractivity contribution in [3.63, 3.8) is 0 Å². The number of carbonyl (C=O) groups is 2. The lowest BCUT2D eigenvalue weighted by molar-refractivity contribution is -0.132. The van der Waals surface area contributed by atoms with Crippen LogP contribution in [-0.2, 0) is 16.0 Å². The number of likely N-dealkylation sites (tertiary alicyclic amines) is 1. The summed E-state index contributed by atoms with van der Waals surface area (Å²) in [6, 6.07) is 7.85. The van der Waals surface area contributed by atoms with Crippen LogP contribution in [0.2, 0.25) is 0 Å². The number of nitrogens with one attached hydrogen (secondary N) is 2. The minimum Gasteiger partial charge on any atom is -0.497 e. The van der Waals surface area contributed by atoms with Gasteiger partial charge in [0.2, 0.25) is 11.8 Å². The van der Waals surface area contributed by atoms with Crippen LogP contribution in [0.15, 0.2) is 24.3 Å². The molecule has 1 aromatic rings. The molecule has 0 radical (unpaired) electrons. The molecule has 2 aliphatic heterocycles. The summed E-state index contributed by atoms with van der Waals surface area (Å²) in [7, 11) is 1.65. The summed E-state index contributed by atoms with van der Waals surface area (Å²) < 4.78 is 5.16. The number of carbonyl (C=O) groups excluding carboxylic acids is 2. The molecule has 1 aromatic carbocycles. The fraction of sp³-hybridized carbons (Fsp3) is 0.619. The second-order valence-corrected chi connectivity index (χ2v) is 7.59. The molecule has 2 heterocycles. The molecule has 6 heteroatoms.